The normalized spacial score (nSPS) is 54.3. The first-order valence-corrected chi connectivity index (χ1v) is 3.86. The summed E-state index contributed by atoms with van der Waals surface area (Å²) in [5.41, 5.74) is 5.61. The van der Waals surface area contributed by atoms with E-state index in [1.54, 1.807) is 0 Å². The molecule has 1 atom stereocenters. The molecule has 2 rings (SSSR count). The highest BCUT2D eigenvalue weighted by atomic mass is 14.9. The molecule has 1 heterocycles. The van der Waals surface area contributed by atoms with E-state index in [-0.39, 0.29) is 11.3 Å². The van der Waals surface area contributed by atoms with Gasteiger partial charge in [0.05, 0.1) is 0 Å². The quantitative estimate of drug-likeness (QED) is 0.654. The van der Waals surface area contributed by atoms with Crippen molar-refractivity contribution in [3.8, 4) is 0 Å². The van der Waals surface area contributed by atoms with Crippen molar-refractivity contribution in [2.45, 2.75) is 18.6 Å². The first kappa shape index (κ1) is 2.99. The average molecular weight is 185 g/mol. The molecule has 1 aliphatic heterocycles. The van der Waals surface area contributed by atoms with Crippen molar-refractivity contribution in [1.29, 1.82) is 0 Å². The third-order valence-corrected chi connectivity index (χ3v) is 1.68. The minimum absolute atomic E-state index is 0.171. The predicted molar refractivity (Wildman–Crippen MR) is 55.7 cm³/mol. The second-order valence-corrected chi connectivity index (χ2v) is 2.63. The molecular weight excluding hydrogens is 160 g/mol. The van der Waals surface area contributed by atoms with Gasteiger partial charge in [0.25, 0.3) is 0 Å². The van der Waals surface area contributed by atoms with Crippen LogP contribution in [0.5, 0.6) is 0 Å². The summed E-state index contributed by atoms with van der Waals surface area (Å²) in [7, 11) is 0. The molecule has 0 aromatic heterocycles. The molecule has 1 aromatic rings. The predicted octanol–water partition coefficient (Wildman–Crippen LogP) is 1.74. The maximum absolute atomic E-state index is 8.42. The second-order valence-electron chi connectivity index (χ2n) is 2.63. The van der Waals surface area contributed by atoms with Crippen LogP contribution in [0.2, 0.25) is 0 Å². The van der Waals surface area contributed by atoms with Crippen molar-refractivity contribution < 1.29 is 12.3 Å². The van der Waals surface area contributed by atoms with Gasteiger partial charge in [-0.3, -0.25) is 0 Å². The molecule has 13 heavy (non-hydrogen) atoms. The third-order valence-electron chi connectivity index (χ3n) is 1.68. The van der Waals surface area contributed by atoms with Gasteiger partial charge in [0.15, 0.2) is 0 Å². The summed E-state index contributed by atoms with van der Waals surface area (Å²) >= 11 is 0. The number of piperidine rings is 1. The molecule has 0 bridgehead atoms. The SMILES string of the molecule is [2H]C1([2H])NC([2H])([2H])C([2H])(c2cccc(N)c2)C([2H])([2H])C1([2H])[2H]. The molecule has 1 aromatic carbocycles. The van der Waals surface area contributed by atoms with Crippen molar-refractivity contribution >= 4 is 5.69 Å². The highest BCUT2D eigenvalue weighted by Gasteiger charge is 2.14. The average Bonchev–Trinajstić information content (AvgIpc) is 2.34. The number of hydrogen-bond acceptors (Lipinski definition) is 2. The fraction of sp³-hybridized carbons (Fsp3) is 0.455. The van der Waals surface area contributed by atoms with Gasteiger partial charge in [-0.05, 0) is 42.8 Å². The lowest BCUT2D eigenvalue weighted by molar-refractivity contribution is 0.462. The van der Waals surface area contributed by atoms with E-state index in [4.69, 9.17) is 18.1 Å². The van der Waals surface area contributed by atoms with Crippen LogP contribution in [-0.2, 0) is 0 Å². The summed E-state index contributed by atoms with van der Waals surface area (Å²) in [6, 6.07) is 5.35. The highest BCUT2D eigenvalue weighted by Crippen LogP contribution is 2.24. The fourth-order valence-electron chi connectivity index (χ4n) is 1.09. The number of nitrogens with two attached hydrogens (primary N) is 1. The van der Waals surface area contributed by atoms with Crippen LogP contribution in [0.3, 0.4) is 0 Å². The zero-order chi connectivity index (χ0) is 17.2. The molecule has 0 amide bonds. The number of benzene rings is 1. The van der Waals surface area contributed by atoms with Gasteiger partial charge in [0, 0.05) is 24.5 Å². The number of nitrogens with one attached hydrogen (secondary N) is 1. The fourth-order valence-corrected chi connectivity index (χ4v) is 1.09. The molecule has 1 aliphatic rings. The number of hydrogen-bond donors (Lipinski definition) is 2. The van der Waals surface area contributed by atoms with E-state index in [1.165, 1.54) is 24.3 Å². The van der Waals surface area contributed by atoms with E-state index in [0.29, 0.717) is 0 Å². The van der Waals surface area contributed by atoms with Crippen LogP contribution >= 0.6 is 0 Å². The van der Waals surface area contributed by atoms with E-state index in [0.717, 1.165) is 0 Å². The third kappa shape index (κ3) is 2.01. The topological polar surface area (TPSA) is 38.0 Å². The van der Waals surface area contributed by atoms with Crippen molar-refractivity contribution in [1.82, 2.24) is 5.32 Å². The highest BCUT2D eigenvalue weighted by molar-refractivity contribution is 5.42. The first-order chi connectivity index (χ1) is 9.71. The van der Waals surface area contributed by atoms with Crippen molar-refractivity contribution in [2.75, 3.05) is 18.7 Å². The lowest BCUT2D eigenvalue weighted by Gasteiger charge is -2.23. The minimum atomic E-state index is -3.17. The van der Waals surface area contributed by atoms with Crippen LogP contribution in [0.15, 0.2) is 24.3 Å². The van der Waals surface area contributed by atoms with Gasteiger partial charge in [0.2, 0.25) is 0 Å². The monoisotopic (exact) mass is 185 g/mol. The minimum Gasteiger partial charge on any atom is -0.399 e. The maximum Gasteiger partial charge on any atom is 0.0434 e. The Morgan fingerprint density at radius 3 is 3.38 bits per heavy atom. The second kappa shape index (κ2) is 3.79. The van der Waals surface area contributed by atoms with Gasteiger partial charge in [0.1, 0.15) is 0 Å². The van der Waals surface area contributed by atoms with Gasteiger partial charge < -0.3 is 11.1 Å². The van der Waals surface area contributed by atoms with Crippen LogP contribution in [0.25, 0.3) is 0 Å². The smallest absolute Gasteiger partial charge is 0.0434 e. The van der Waals surface area contributed by atoms with Crippen molar-refractivity contribution in [3.05, 3.63) is 29.8 Å². The van der Waals surface area contributed by atoms with Gasteiger partial charge in [-0.1, -0.05) is 12.1 Å². The summed E-state index contributed by atoms with van der Waals surface area (Å²) in [5.74, 6) is -2.75. The Balaban J connectivity index is 2.77. The zero-order valence-corrected chi connectivity index (χ0v) is 6.89. The Kier molecular flexibility index (Phi) is 0.872. The summed E-state index contributed by atoms with van der Waals surface area (Å²) in [5, 5.41) is 1.81. The van der Waals surface area contributed by atoms with Gasteiger partial charge in [-0.15, -0.1) is 0 Å². The Labute approximate surface area is 91.8 Å². The van der Waals surface area contributed by atoms with E-state index in [9.17, 15) is 0 Å². The standard InChI is InChI=1S/C11H16N2/c12-11-5-1-3-9(7-11)10-4-2-6-13-8-10/h1,3,5,7,10,13H,2,4,6,8,12H2/i2D2,4D2,6D2,8D2,10D. The van der Waals surface area contributed by atoms with E-state index in [2.05, 4.69) is 0 Å². The number of nitrogen functional groups attached to an aromatic ring is 1. The molecule has 70 valence electrons. The van der Waals surface area contributed by atoms with Crippen LogP contribution in [0, 0.1) is 0 Å². The molecule has 0 radical (unpaired) electrons. The number of rotatable bonds is 1. The Morgan fingerprint density at radius 1 is 1.62 bits per heavy atom. The Hall–Kier alpha value is -1.02. The van der Waals surface area contributed by atoms with Crippen molar-refractivity contribution in [2.24, 2.45) is 0 Å². The Bertz CT molecular complexity index is 601. The van der Waals surface area contributed by atoms with Crippen molar-refractivity contribution in [3.63, 3.8) is 0 Å². The van der Waals surface area contributed by atoms with Crippen LogP contribution in [0.4, 0.5) is 5.69 Å². The van der Waals surface area contributed by atoms with Gasteiger partial charge in [-0.25, -0.2) is 0 Å². The van der Waals surface area contributed by atoms with Crippen LogP contribution in [-0.4, -0.2) is 13.0 Å². The van der Waals surface area contributed by atoms with Gasteiger partial charge >= 0.3 is 0 Å². The molecular formula is C11H16N2. The molecule has 2 nitrogen and oxygen atoms in total. The molecule has 1 saturated heterocycles. The lowest BCUT2D eigenvalue weighted by atomic mass is 9.91. The summed E-state index contributed by atoms with van der Waals surface area (Å²) in [6.45, 7) is -5.87. The lowest BCUT2D eigenvalue weighted by Crippen LogP contribution is -2.28. The number of anilines is 1. The van der Waals surface area contributed by atoms with Crippen LogP contribution < -0.4 is 11.1 Å². The maximum atomic E-state index is 8.42. The van der Waals surface area contributed by atoms with E-state index >= 15 is 0 Å². The Morgan fingerprint density at radius 2 is 2.54 bits per heavy atom. The molecule has 3 N–H and O–H groups in total. The molecule has 1 unspecified atom stereocenters. The van der Waals surface area contributed by atoms with E-state index in [1.807, 2.05) is 5.32 Å². The molecule has 0 aliphatic carbocycles. The van der Waals surface area contributed by atoms with Crippen LogP contribution in [0.1, 0.15) is 36.5 Å². The summed E-state index contributed by atoms with van der Waals surface area (Å²) in [6.07, 6.45) is -6.33. The largest absolute Gasteiger partial charge is 0.399 e. The van der Waals surface area contributed by atoms with Gasteiger partial charge in [-0.2, -0.15) is 0 Å². The summed E-state index contributed by atoms with van der Waals surface area (Å²) in [4.78, 5) is 0. The molecule has 2 heteroatoms. The zero-order valence-electron chi connectivity index (χ0n) is 15.9. The first-order valence-electron chi connectivity index (χ1n) is 8.36. The van der Waals surface area contributed by atoms with E-state index < -0.39 is 31.6 Å². The molecule has 0 saturated carbocycles. The molecule has 1 fully saturated rings. The molecule has 0 spiro atoms. The summed E-state index contributed by atoms with van der Waals surface area (Å²) < 4.78 is 71.3.